The third-order valence-electron chi connectivity index (χ3n) is 2.96. The molecule has 21 heavy (non-hydrogen) atoms. The summed E-state index contributed by atoms with van der Waals surface area (Å²) in [5, 5.41) is 13.2. The van der Waals surface area contributed by atoms with Crippen LogP contribution in [0.15, 0.2) is 12.1 Å². The van der Waals surface area contributed by atoms with Gasteiger partial charge in [0.05, 0.1) is 14.2 Å². The largest absolute Gasteiger partial charge is 0.502 e. The Kier molecular flexibility index (Phi) is 7.93. The normalized spacial score (nSPS) is 10.9. The highest BCUT2D eigenvalue weighted by Crippen LogP contribution is 2.36. The first-order valence-corrected chi connectivity index (χ1v) is 7.30. The number of hydrogen-bond donors (Lipinski definition) is 2. The first-order valence-electron chi connectivity index (χ1n) is 7.30. The first kappa shape index (κ1) is 17.6. The van der Waals surface area contributed by atoms with Crippen molar-refractivity contribution < 1.29 is 19.3 Å². The van der Waals surface area contributed by atoms with Gasteiger partial charge in [-0.25, -0.2) is 0 Å². The van der Waals surface area contributed by atoms with E-state index in [1.165, 1.54) is 14.2 Å². The maximum absolute atomic E-state index is 9.84. The van der Waals surface area contributed by atoms with Gasteiger partial charge in [0.15, 0.2) is 11.5 Å². The lowest BCUT2D eigenvalue weighted by Crippen LogP contribution is -2.17. The summed E-state index contributed by atoms with van der Waals surface area (Å²) in [5.74, 6) is 1.46. The second-order valence-corrected chi connectivity index (χ2v) is 5.35. The molecule has 0 saturated heterocycles. The summed E-state index contributed by atoms with van der Waals surface area (Å²) in [6, 6.07) is 3.61. The Morgan fingerprint density at radius 3 is 2.29 bits per heavy atom. The molecule has 5 nitrogen and oxygen atoms in total. The maximum Gasteiger partial charge on any atom is 0.200 e. The molecule has 0 unspecified atom stereocenters. The molecule has 120 valence electrons. The molecule has 2 N–H and O–H groups in total. The van der Waals surface area contributed by atoms with E-state index in [0.717, 1.165) is 31.7 Å². The molecule has 0 heterocycles. The SMILES string of the molecule is COc1cc(CNCCCOCC(C)C)cc(OC)c1O. The van der Waals surface area contributed by atoms with Crippen molar-refractivity contribution in [1.29, 1.82) is 0 Å². The third kappa shape index (κ3) is 6.23. The van der Waals surface area contributed by atoms with Crippen LogP contribution in [0, 0.1) is 5.92 Å². The molecule has 0 bridgehead atoms. The van der Waals surface area contributed by atoms with Gasteiger partial charge in [-0.2, -0.15) is 0 Å². The molecule has 0 aliphatic heterocycles. The fraction of sp³-hybridized carbons (Fsp3) is 0.625. The van der Waals surface area contributed by atoms with E-state index in [1.54, 1.807) is 12.1 Å². The number of hydrogen-bond acceptors (Lipinski definition) is 5. The van der Waals surface area contributed by atoms with Crippen LogP contribution in [0.2, 0.25) is 0 Å². The van der Waals surface area contributed by atoms with Gasteiger partial charge in [-0.15, -0.1) is 0 Å². The summed E-state index contributed by atoms with van der Waals surface area (Å²) in [6.45, 7) is 7.44. The van der Waals surface area contributed by atoms with Gasteiger partial charge in [0.2, 0.25) is 5.75 Å². The van der Waals surface area contributed by atoms with E-state index in [0.29, 0.717) is 24.0 Å². The number of phenols is 1. The van der Waals surface area contributed by atoms with E-state index < -0.39 is 0 Å². The quantitative estimate of drug-likeness (QED) is 0.650. The second-order valence-electron chi connectivity index (χ2n) is 5.35. The summed E-state index contributed by atoms with van der Waals surface area (Å²) in [4.78, 5) is 0. The van der Waals surface area contributed by atoms with Gasteiger partial charge in [0, 0.05) is 19.8 Å². The van der Waals surface area contributed by atoms with Crippen LogP contribution >= 0.6 is 0 Å². The van der Waals surface area contributed by atoms with Crippen molar-refractivity contribution in [3.8, 4) is 17.2 Å². The highest BCUT2D eigenvalue weighted by atomic mass is 16.5. The lowest BCUT2D eigenvalue weighted by molar-refractivity contribution is 0.108. The van der Waals surface area contributed by atoms with E-state index in [-0.39, 0.29) is 5.75 Å². The lowest BCUT2D eigenvalue weighted by Gasteiger charge is -2.12. The molecule has 0 amide bonds. The monoisotopic (exact) mass is 297 g/mol. The van der Waals surface area contributed by atoms with E-state index in [9.17, 15) is 5.11 Å². The van der Waals surface area contributed by atoms with Gasteiger partial charge in [0.1, 0.15) is 0 Å². The highest BCUT2D eigenvalue weighted by molar-refractivity contribution is 5.52. The third-order valence-corrected chi connectivity index (χ3v) is 2.96. The summed E-state index contributed by atoms with van der Waals surface area (Å²) >= 11 is 0. The number of methoxy groups -OCH3 is 2. The van der Waals surface area contributed by atoms with Crippen LogP contribution in [0.3, 0.4) is 0 Å². The van der Waals surface area contributed by atoms with Crippen LogP contribution in [0.5, 0.6) is 17.2 Å². The minimum atomic E-state index is 0.0332. The number of ether oxygens (including phenoxy) is 3. The summed E-state index contributed by atoms with van der Waals surface area (Å²) in [7, 11) is 3.05. The highest BCUT2D eigenvalue weighted by Gasteiger charge is 2.10. The molecule has 1 rings (SSSR count). The average molecular weight is 297 g/mol. The predicted molar refractivity (Wildman–Crippen MR) is 83.2 cm³/mol. The Bertz CT molecular complexity index is 396. The molecule has 0 aromatic heterocycles. The molecule has 0 atom stereocenters. The van der Waals surface area contributed by atoms with E-state index >= 15 is 0 Å². The van der Waals surface area contributed by atoms with Gasteiger partial charge < -0.3 is 24.6 Å². The van der Waals surface area contributed by atoms with Gasteiger partial charge >= 0.3 is 0 Å². The molecule has 0 aliphatic carbocycles. The number of aromatic hydroxyl groups is 1. The standard InChI is InChI=1S/C16H27NO4/c1-12(2)11-21-7-5-6-17-10-13-8-14(19-3)16(18)15(9-13)20-4/h8-9,12,17-18H,5-7,10-11H2,1-4H3. The van der Waals surface area contributed by atoms with Crippen LogP contribution < -0.4 is 14.8 Å². The van der Waals surface area contributed by atoms with Gasteiger partial charge in [-0.3, -0.25) is 0 Å². The molecule has 1 aromatic rings. The van der Waals surface area contributed by atoms with Crippen LogP contribution in [-0.2, 0) is 11.3 Å². The Balaban J connectivity index is 2.35. The fourth-order valence-electron chi connectivity index (χ4n) is 1.90. The Hall–Kier alpha value is -1.46. The van der Waals surface area contributed by atoms with Crippen molar-refractivity contribution in [2.24, 2.45) is 5.92 Å². The Labute approximate surface area is 127 Å². The Morgan fingerprint density at radius 1 is 1.14 bits per heavy atom. The van der Waals surface area contributed by atoms with Crippen LogP contribution in [0.4, 0.5) is 0 Å². The van der Waals surface area contributed by atoms with E-state index in [2.05, 4.69) is 19.2 Å². The molecular weight excluding hydrogens is 270 g/mol. The van der Waals surface area contributed by atoms with E-state index in [1.807, 2.05) is 0 Å². The van der Waals surface area contributed by atoms with Crippen molar-refractivity contribution in [2.75, 3.05) is 34.0 Å². The molecule has 0 saturated carbocycles. The second kappa shape index (κ2) is 9.47. The minimum absolute atomic E-state index is 0.0332. The average Bonchev–Trinajstić information content (AvgIpc) is 2.47. The zero-order valence-electron chi connectivity index (χ0n) is 13.4. The van der Waals surface area contributed by atoms with E-state index in [4.69, 9.17) is 14.2 Å². The Morgan fingerprint density at radius 2 is 1.76 bits per heavy atom. The van der Waals surface area contributed by atoms with Gasteiger partial charge in [-0.1, -0.05) is 13.8 Å². The molecule has 0 aliphatic rings. The fourth-order valence-corrected chi connectivity index (χ4v) is 1.90. The number of phenolic OH excluding ortho intramolecular Hbond substituents is 1. The maximum atomic E-state index is 9.84. The summed E-state index contributed by atoms with van der Waals surface area (Å²) in [5.41, 5.74) is 1.00. The van der Waals surface area contributed by atoms with Crippen molar-refractivity contribution in [2.45, 2.75) is 26.8 Å². The van der Waals surface area contributed by atoms with Crippen molar-refractivity contribution in [1.82, 2.24) is 5.32 Å². The summed E-state index contributed by atoms with van der Waals surface area (Å²) in [6.07, 6.45) is 0.971. The topological polar surface area (TPSA) is 60.0 Å². The predicted octanol–water partition coefficient (Wildman–Crippen LogP) is 2.56. The first-order chi connectivity index (χ1) is 10.1. The smallest absolute Gasteiger partial charge is 0.200 e. The van der Waals surface area contributed by atoms with Crippen LogP contribution in [0.1, 0.15) is 25.8 Å². The lowest BCUT2D eigenvalue weighted by atomic mass is 10.2. The number of nitrogens with one attached hydrogen (secondary N) is 1. The molecule has 1 aromatic carbocycles. The van der Waals surface area contributed by atoms with Crippen LogP contribution in [0.25, 0.3) is 0 Å². The van der Waals surface area contributed by atoms with Gasteiger partial charge in [-0.05, 0) is 36.6 Å². The molecular formula is C16H27NO4. The number of rotatable bonds is 10. The van der Waals surface area contributed by atoms with Crippen molar-refractivity contribution >= 4 is 0 Å². The zero-order chi connectivity index (χ0) is 15.7. The zero-order valence-corrected chi connectivity index (χ0v) is 13.4. The minimum Gasteiger partial charge on any atom is -0.502 e. The molecule has 0 radical (unpaired) electrons. The van der Waals surface area contributed by atoms with Crippen molar-refractivity contribution in [3.63, 3.8) is 0 Å². The van der Waals surface area contributed by atoms with Gasteiger partial charge in [0.25, 0.3) is 0 Å². The summed E-state index contributed by atoms with van der Waals surface area (Å²) < 4.78 is 15.8. The number of benzene rings is 1. The molecule has 5 heteroatoms. The molecule has 0 fully saturated rings. The van der Waals surface area contributed by atoms with Crippen LogP contribution in [-0.4, -0.2) is 39.1 Å². The van der Waals surface area contributed by atoms with Crippen molar-refractivity contribution in [3.05, 3.63) is 17.7 Å². The molecule has 0 spiro atoms.